The molecule has 1 N–H and O–H groups in total. The topological polar surface area (TPSA) is 20.7 Å². The van der Waals surface area contributed by atoms with Gasteiger partial charge >= 0.3 is 0 Å². The molecule has 15 heavy (non-hydrogen) atoms. The van der Waals surface area contributed by atoms with E-state index in [0.717, 1.165) is 17.5 Å². The number of imidazole rings is 1. The van der Waals surface area contributed by atoms with Crippen molar-refractivity contribution >= 4 is 23.3 Å². The van der Waals surface area contributed by atoms with Crippen LogP contribution in [0.25, 0.3) is 11.0 Å². The fraction of sp³-hybridized carbons (Fsp3) is 0.364. The van der Waals surface area contributed by atoms with Crippen molar-refractivity contribution in [2.24, 2.45) is 5.92 Å². The minimum absolute atomic E-state index is 0.210. The van der Waals surface area contributed by atoms with E-state index in [4.69, 9.17) is 12.2 Å². The fourth-order valence-corrected chi connectivity index (χ4v) is 2.43. The molecule has 0 saturated heterocycles. The number of aromatic nitrogens is 2. The van der Waals surface area contributed by atoms with Gasteiger partial charge in [-0.2, -0.15) is 0 Å². The molecule has 1 aliphatic carbocycles. The molecule has 0 aliphatic heterocycles. The molecule has 2 aromatic rings. The van der Waals surface area contributed by atoms with E-state index in [-0.39, 0.29) is 5.82 Å². The molecule has 3 rings (SSSR count). The summed E-state index contributed by atoms with van der Waals surface area (Å²) >= 11 is 5.25. The highest BCUT2D eigenvalue weighted by Crippen LogP contribution is 2.44. The SMILES string of the molecule is CC1CC1n1c(=S)[nH]c2ccc(F)cc21. The Morgan fingerprint density at radius 3 is 2.93 bits per heavy atom. The normalized spacial score (nSPS) is 24.7. The van der Waals surface area contributed by atoms with Gasteiger partial charge in [0.1, 0.15) is 5.82 Å². The third-order valence-electron chi connectivity index (χ3n) is 3.08. The van der Waals surface area contributed by atoms with Crippen molar-refractivity contribution in [2.45, 2.75) is 19.4 Å². The molecule has 1 aliphatic rings. The van der Waals surface area contributed by atoms with Gasteiger partial charge in [0.25, 0.3) is 0 Å². The molecule has 2 unspecified atom stereocenters. The Morgan fingerprint density at radius 1 is 1.53 bits per heavy atom. The second-order valence-corrected chi connectivity index (χ2v) is 4.63. The van der Waals surface area contributed by atoms with Crippen LogP contribution in [0.3, 0.4) is 0 Å². The third-order valence-corrected chi connectivity index (χ3v) is 3.38. The lowest BCUT2D eigenvalue weighted by Gasteiger charge is -2.01. The number of nitrogens with one attached hydrogen (secondary N) is 1. The highest BCUT2D eigenvalue weighted by molar-refractivity contribution is 7.71. The lowest BCUT2D eigenvalue weighted by Crippen LogP contribution is -1.95. The molecule has 0 spiro atoms. The molecule has 1 heterocycles. The minimum Gasteiger partial charge on any atom is -0.331 e. The van der Waals surface area contributed by atoms with Gasteiger partial charge in [-0.3, -0.25) is 0 Å². The lowest BCUT2D eigenvalue weighted by molar-refractivity contribution is 0.626. The predicted molar refractivity (Wildman–Crippen MR) is 59.9 cm³/mol. The zero-order valence-electron chi connectivity index (χ0n) is 8.33. The number of hydrogen-bond acceptors (Lipinski definition) is 1. The highest BCUT2D eigenvalue weighted by atomic mass is 32.1. The van der Waals surface area contributed by atoms with Crippen LogP contribution in [0.5, 0.6) is 0 Å². The number of aromatic amines is 1. The number of nitrogens with zero attached hydrogens (tertiary/aromatic N) is 1. The maximum atomic E-state index is 13.1. The monoisotopic (exact) mass is 222 g/mol. The first-order chi connectivity index (χ1) is 7.16. The Balaban J connectivity index is 2.31. The number of fused-ring (bicyclic) bond motifs is 1. The first-order valence-electron chi connectivity index (χ1n) is 5.06. The van der Waals surface area contributed by atoms with Gasteiger partial charge in [-0.25, -0.2) is 4.39 Å². The van der Waals surface area contributed by atoms with Crippen LogP contribution in [0.1, 0.15) is 19.4 Å². The third kappa shape index (κ3) is 1.32. The Morgan fingerprint density at radius 2 is 2.27 bits per heavy atom. The van der Waals surface area contributed by atoms with Crippen LogP contribution in [0, 0.1) is 16.5 Å². The van der Waals surface area contributed by atoms with Crippen LogP contribution < -0.4 is 0 Å². The highest BCUT2D eigenvalue weighted by Gasteiger charge is 2.35. The molecule has 1 fully saturated rings. The summed E-state index contributed by atoms with van der Waals surface area (Å²) in [6.07, 6.45) is 1.14. The van der Waals surface area contributed by atoms with Gasteiger partial charge in [0.15, 0.2) is 4.77 Å². The first-order valence-corrected chi connectivity index (χ1v) is 5.47. The number of H-pyrrole nitrogens is 1. The average Bonchev–Trinajstić information content (AvgIpc) is 2.78. The minimum atomic E-state index is -0.210. The van der Waals surface area contributed by atoms with E-state index in [2.05, 4.69) is 11.9 Å². The summed E-state index contributed by atoms with van der Waals surface area (Å²) < 4.78 is 15.9. The van der Waals surface area contributed by atoms with E-state index in [0.29, 0.717) is 16.7 Å². The summed E-state index contributed by atoms with van der Waals surface area (Å²) in [4.78, 5) is 3.11. The van der Waals surface area contributed by atoms with Crippen molar-refractivity contribution in [1.29, 1.82) is 0 Å². The summed E-state index contributed by atoms with van der Waals surface area (Å²) in [6, 6.07) is 5.19. The smallest absolute Gasteiger partial charge is 0.178 e. The van der Waals surface area contributed by atoms with E-state index >= 15 is 0 Å². The number of hydrogen-bond donors (Lipinski definition) is 1. The molecule has 1 saturated carbocycles. The summed E-state index contributed by atoms with van der Waals surface area (Å²) in [7, 11) is 0. The maximum Gasteiger partial charge on any atom is 0.178 e. The largest absolute Gasteiger partial charge is 0.331 e. The molecule has 1 aromatic heterocycles. The van der Waals surface area contributed by atoms with Gasteiger partial charge in [0.2, 0.25) is 0 Å². The Bertz CT molecular complexity index is 584. The van der Waals surface area contributed by atoms with Crippen LogP contribution in [-0.2, 0) is 0 Å². The van der Waals surface area contributed by atoms with Crippen LogP contribution in [0.4, 0.5) is 4.39 Å². The van der Waals surface area contributed by atoms with Gasteiger partial charge in [0.05, 0.1) is 11.0 Å². The second-order valence-electron chi connectivity index (χ2n) is 4.24. The van der Waals surface area contributed by atoms with E-state index in [1.165, 1.54) is 6.07 Å². The van der Waals surface area contributed by atoms with Gasteiger partial charge in [-0.1, -0.05) is 6.92 Å². The van der Waals surface area contributed by atoms with Crippen molar-refractivity contribution in [3.63, 3.8) is 0 Å². The zero-order valence-corrected chi connectivity index (χ0v) is 9.14. The van der Waals surface area contributed by atoms with Crippen LogP contribution in [0.15, 0.2) is 18.2 Å². The van der Waals surface area contributed by atoms with Crippen molar-refractivity contribution < 1.29 is 4.39 Å². The van der Waals surface area contributed by atoms with Crippen LogP contribution in [-0.4, -0.2) is 9.55 Å². The molecule has 78 valence electrons. The van der Waals surface area contributed by atoms with Gasteiger partial charge < -0.3 is 9.55 Å². The van der Waals surface area contributed by atoms with E-state index in [9.17, 15) is 4.39 Å². The molecule has 0 bridgehead atoms. The maximum absolute atomic E-state index is 13.1. The van der Waals surface area contributed by atoms with Crippen molar-refractivity contribution in [1.82, 2.24) is 9.55 Å². The van der Waals surface area contributed by atoms with Gasteiger partial charge in [-0.05, 0) is 42.8 Å². The van der Waals surface area contributed by atoms with E-state index in [1.807, 2.05) is 4.57 Å². The number of halogens is 1. The molecule has 1 aromatic carbocycles. The van der Waals surface area contributed by atoms with Crippen molar-refractivity contribution in [3.8, 4) is 0 Å². The molecular weight excluding hydrogens is 211 g/mol. The Kier molecular flexibility index (Phi) is 1.77. The standard InChI is InChI=1S/C11H11FN2S/c1-6-4-9(6)14-10-5-7(12)2-3-8(10)13-11(14)15/h2-3,5-6,9H,4H2,1H3,(H,13,15). The summed E-state index contributed by atoms with van der Waals surface area (Å²) in [5.74, 6) is 0.442. The van der Waals surface area contributed by atoms with Gasteiger partial charge in [0, 0.05) is 6.04 Å². The average molecular weight is 222 g/mol. The molecule has 0 amide bonds. The van der Waals surface area contributed by atoms with Crippen LogP contribution in [0.2, 0.25) is 0 Å². The van der Waals surface area contributed by atoms with Crippen molar-refractivity contribution in [2.75, 3.05) is 0 Å². The summed E-state index contributed by atoms with van der Waals surface area (Å²) in [5, 5.41) is 0. The Labute approximate surface area is 91.7 Å². The summed E-state index contributed by atoms with van der Waals surface area (Å²) in [5.41, 5.74) is 1.80. The lowest BCUT2D eigenvalue weighted by atomic mass is 10.3. The van der Waals surface area contributed by atoms with Crippen LogP contribution >= 0.6 is 12.2 Å². The molecule has 0 radical (unpaired) electrons. The van der Waals surface area contributed by atoms with Gasteiger partial charge in [-0.15, -0.1) is 0 Å². The second kappa shape index (κ2) is 2.92. The van der Waals surface area contributed by atoms with Crippen molar-refractivity contribution in [3.05, 3.63) is 28.8 Å². The molecule has 2 nitrogen and oxygen atoms in total. The predicted octanol–water partition coefficient (Wildman–Crippen LogP) is 3.42. The fourth-order valence-electron chi connectivity index (χ4n) is 2.09. The molecular formula is C11H11FN2S. The zero-order chi connectivity index (χ0) is 10.6. The first kappa shape index (κ1) is 9.09. The molecule has 4 heteroatoms. The quantitative estimate of drug-likeness (QED) is 0.733. The van der Waals surface area contributed by atoms with E-state index < -0.39 is 0 Å². The number of rotatable bonds is 1. The Hall–Kier alpha value is -1.16. The van der Waals surface area contributed by atoms with E-state index in [1.54, 1.807) is 12.1 Å². The molecule has 2 atom stereocenters. The number of benzene rings is 1. The summed E-state index contributed by atoms with van der Waals surface area (Å²) in [6.45, 7) is 2.19.